The van der Waals surface area contributed by atoms with E-state index in [0.717, 1.165) is 18.7 Å². The van der Waals surface area contributed by atoms with E-state index >= 15 is 0 Å². The average molecular weight is 272 g/mol. The van der Waals surface area contributed by atoms with E-state index in [1.54, 1.807) is 24.4 Å². The largest absolute Gasteiger partial charge is 0.454 e. The maximum atomic E-state index is 12.3. The summed E-state index contributed by atoms with van der Waals surface area (Å²) in [6.45, 7) is 2.61. The number of hydrogen-bond acceptors (Lipinski definition) is 4. The predicted molar refractivity (Wildman–Crippen MR) is 73.1 cm³/mol. The van der Waals surface area contributed by atoms with Gasteiger partial charge in [0.1, 0.15) is 5.82 Å². The molecular formula is C15H16N2O3. The number of nitrogens with zero attached hydrogens (tertiary/aromatic N) is 2. The van der Waals surface area contributed by atoms with Gasteiger partial charge in [-0.25, -0.2) is 4.98 Å². The molecule has 3 rings (SSSR count). The van der Waals surface area contributed by atoms with Crippen molar-refractivity contribution in [1.29, 1.82) is 0 Å². The monoisotopic (exact) mass is 272 g/mol. The van der Waals surface area contributed by atoms with Crippen LogP contribution in [0.5, 0.6) is 11.5 Å². The molecule has 5 nitrogen and oxygen atoms in total. The number of imidazole rings is 1. The third-order valence-electron chi connectivity index (χ3n) is 3.28. The molecule has 5 heteroatoms. The van der Waals surface area contributed by atoms with E-state index in [9.17, 15) is 4.79 Å². The van der Waals surface area contributed by atoms with Gasteiger partial charge in [0.15, 0.2) is 17.3 Å². The van der Waals surface area contributed by atoms with E-state index in [4.69, 9.17) is 9.47 Å². The first-order valence-electron chi connectivity index (χ1n) is 6.71. The Labute approximate surface area is 117 Å². The summed E-state index contributed by atoms with van der Waals surface area (Å²) in [4.78, 5) is 16.6. The van der Waals surface area contributed by atoms with Crippen molar-refractivity contribution >= 4 is 5.78 Å². The third kappa shape index (κ3) is 2.39. The number of fused-ring (bicyclic) bond motifs is 1. The summed E-state index contributed by atoms with van der Waals surface area (Å²) in [7, 11) is 0. The summed E-state index contributed by atoms with van der Waals surface area (Å²) >= 11 is 0. The molecule has 0 fully saturated rings. The Morgan fingerprint density at radius 2 is 2.20 bits per heavy atom. The van der Waals surface area contributed by atoms with Gasteiger partial charge in [-0.05, 0) is 24.6 Å². The first-order chi connectivity index (χ1) is 9.78. The van der Waals surface area contributed by atoms with E-state index in [1.807, 2.05) is 10.8 Å². The molecule has 0 spiro atoms. The fourth-order valence-electron chi connectivity index (χ4n) is 2.25. The normalized spacial score (nSPS) is 12.7. The van der Waals surface area contributed by atoms with E-state index in [2.05, 4.69) is 11.9 Å². The average Bonchev–Trinajstić information content (AvgIpc) is 3.07. The van der Waals surface area contributed by atoms with E-state index in [1.165, 1.54) is 0 Å². The summed E-state index contributed by atoms with van der Waals surface area (Å²) < 4.78 is 12.4. The van der Waals surface area contributed by atoms with Crippen LogP contribution in [-0.4, -0.2) is 22.1 Å². The zero-order valence-corrected chi connectivity index (χ0v) is 11.3. The number of benzene rings is 1. The smallest absolute Gasteiger partial charge is 0.231 e. The Morgan fingerprint density at radius 3 is 3.05 bits per heavy atom. The van der Waals surface area contributed by atoms with Crippen molar-refractivity contribution in [2.45, 2.75) is 26.3 Å². The lowest BCUT2D eigenvalue weighted by Crippen LogP contribution is -2.12. The summed E-state index contributed by atoms with van der Waals surface area (Å²) in [5.74, 6) is 2.31. The molecule has 0 unspecified atom stereocenters. The number of aryl methyl sites for hydroxylation is 1. The molecule has 0 atom stereocenters. The van der Waals surface area contributed by atoms with Gasteiger partial charge in [-0.3, -0.25) is 4.79 Å². The zero-order valence-electron chi connectivity index (χ0n) is 11.3. The maximum absolute atomic E-state index is 12.3. The highest BCUT2D eigenvalue weighted by Crippen LogP contribution is 2.32. The zero-order chi connectivity index (χ0) is 13.9. The number of hydrogen-bond donors (Lipinski definition) is 0. The number of ether oxygens (including phenoxy) is 2. The molecule has 0 radical (unpaired) electrons. The van der Waals surface area contributed by atoms with Crippen molar-refractivity contribution in [2.24, 2.45) is 0 Å². The van der Waals surface area contributed by atoms with Crippen molar-refractivity contribution < 1.29 is 14.3 Å². The van der Waals surface area contributed by atoms with Crippen molar-refractivity contribution in [2.75, 3.05) is 6.79 Å². The summed E-state index contributed by atoms with van der Waals surface area (Å²) in [6.07, 6.45) is 5.46. The third-order valence-corrected chi connectivity index (χ3v) is 3.28. The van der Waals surface area contributed by atoms with Crippen molar-refractivity contribution in [1.82, 2.24) is 9.55 Å². The minimum atomic E-state index is 0.0404. The first kappa shape index (κ1) is 12.7. The lowest BCUT2D eigenvalue weighted by molar-refractivity contribution is 0.0970. The Bertz CT molecular complexity index is 634. The number of carbonyl (C=O) groups excluding carboxylic acids is 1. The van der Waals surface area contributed by atoms with Crippen LogP contribution in [0.2, 0.25) is 0 Å². The fraction of sp³-hybridized carbons (Fsp3) is 0.333. The van der Waals surface area contributed by atoms with Gasteiger partial charge >= 0.3 is 0 Å². The molecule has 1 aromatic heterocycles. The number of Topliss-reactive ketones (excluding diaryl/α,β-unsaturated/α-hetero) is 1. The molecule has 104 valence electrons. The van der Waals surface area contributed by atoms with Gasteiger partial charge in [0.2, 0.25) is 6.79 Å². The summed E-state index contributed by atoms with van der Waals surface area (Å²) in [6, 6.07) is 5.28. The molecular weight excluding hydrogens is 256 g/mol. The van der Waals surface area contributed by atoms with Crippen molar-refractivity contribution in [3.8, 4) is 11.5 Å². The molecule has 0 amide bonds. The lowest BCUT2D eigenvalue weighted by Gasteiger charge is -2.07. The van der Waals surface area contributed by atoms with E-state index < -0.39 is 0 Å². The second-order valence-corrected chi connectivity index (χ2v) is 4.71. The SMILES string of the molecule is CCCc1nccn1CC(=O)c1ccc2c(c1)OCO2. The minimum Gasteiger partial charge on any atom is -0.454 e. The molecule has 0 saturated heterocycles. The summed E-state index contributed by atoms with van der Waals surface area (Å²) in [5, 5.41) is 0. The standard InChI is InChI=1S/C15H16N2O3/c1-2-3-15-16-6-7-17(15)9-12(18)11-4-5-13-14(8-11)20-10-19-13/h4-8H,2-3,9-10H2,1H3. The van der Waals surface area contributed by atoms with Crippen LogP contribution < -0.4 is 9.47 Å². The van der Waals surface area contributed by atoms with Crippen LogP contribution in [0.1, 0.15) is 29.5 Å². The van der Waals surface area contributed by atoms with Crippen LogP contribution in [-0.2, 0) is 13.0 Å². The molecule has 1 aliphatic heterocycles. The Morgan fingerprint density at radius 1 is 1.35 bits per heavy atom. The van der Waals surface area contributed by atoms with Crippen LogP contribution in [0.25, 0.3) is 0 Å². The molecule has 2 aromatic rings. The Hall–Kier alpha value is -2.30. The molecule has 0 aliphatic carbocycles. The molecule has 1 aliphatic rings. The maximum Gasteiger partial charge on any atom is 0.231 e. The van der Waals surface area contributed by atoms with Gasteiger partial charge in [-0.1, -0.05) is 6.92 Å². The number of ketones is 1. The molecule has 0 saturated carbocycles. The van der Waals surface area contributed by atoms with Crippen LogP contribution in [0.15, 0.2) is 30.6 Å². The highest BCUT2D eigenvalue weighted by Gasteiger charge is 2.17. The van der Waals surface area contributed by atoms with Gasteiger partial charge in [-0.2, -0.15) is 0 Å². The van der Waals surface area contributed by atoms with Gasteiger partial charge in [-0.15, -0.1) is 0 Å². The topological polar surface area (TPSA) is 53.4 Å². The second kappa shape index (κ2) is 5.36. The Balaban J connectivity index is 1.77. The van der Waals surface area contributed by atoms with Gasteiger partial charge < -0.3 is 14.0 Å². The molecule has 0 bridgehead atoms. The lowest BCUT2D eigenvalue weighted by atomic mass is 10.1. The van der Waals surface area contributed by atoms with E-state index in [0.29, 0.717) is 23.6 Å². The molecule has 0 N–H and O–H groups in total. The number of aromatic nitrogens is 2. The van der Waals surface area contributed by atoms with Crippen LogP contribution in [0.3, 0.4) is 0 Å². The van der Waals surface area contributed by atoms with Gasteiger partial charge in [0, 0.05) is 24.4 Å². The highest BCUT2D eigenvalue weighted by atomic mass is 16.7. The van der Waals surface area contributed by atoms with Crippen LogP contribution in [0, 0.1) is 0 Å². The second-order valence-electron chi connectivity index (χ2n) is 4.71. The van der Waals surface area contributed by atoms with E-state index in [-0.39, 0.29) is 12.6 Å². The highest BCUT2D eigenvalue weighted by molar-refractivity contribution is 5.96. The quantitative estimate of drug-likeness (QED) is 0.784. The minimum absolute atomic E-state index is 0.0404. The van der Waals surface area contributed by atoms with Crippen LogP contribution in [0.4, 0.5) is 0 Å². The molecule has 1 aromatic carbocycles. The van der Waals surface area contributed by atoms with Crippen molar-refractivity contribution in [3.05, 3.63) is 42.0 Å². The number of carbonyl (C=O) groups is 1. The fourth-order valence-corrected chi connectivity index (χ4v) is 2.25. The predicted octanol–water partition coefficient (Wildman–Crippen LogP) is 2.45. The summed E-state index contributed by atoms with van der Waals surface area (Å²) in [5.41, 5.74) is 0.630. The molecule has 20 heavy (non-hydrogen) atoms. The van der Waals surface area contributed by atoms with Crippen molar-refractivity contribution in [3.63, 3.8) is 0 Å². The van der Waals surface area contributed by atoms with Gasteiger partial charge in [0.25, 0.3) is 0 Å². The van der Waals surface area contributed by atoms with Crippen LogP contribution >= 0.6 is 0 Å². The Kier molecular flexibility index (Phi) is 3.41. The number of rotatable bonds is 5. The first-order valence-corrected chi connectivity index (χ1v) is 6.71. The molecule has 2 heterocycles. The van der Waals surface area contributed by atoms with Gasteiger partial charge in [0.05, 0.1) is 6.54 Å².